The summed E-state index contributed by atoms with van der Waals surface area (Å²) in [5.41, 5.74) is 0. The molecule has 0 bridgehead atoms. The second kappa shape index (κ2) is 8.64. The molecule has 3 atom stereocenters. The Labute approximate surface area is 110 Å². The van der Waals surface area contributed by atoms with Crippen molar-refractivity contribution in [3.05, 3.63) is 12.2 Å². The van der Waals surface area contributed by atoms with Gasteiger partial charge in [0.05, 0.1) is 6.10 Å². The van der Waals surface area contributed by atoms with Crippen LogP contribution in [-0.2, 0) is 14.2 Å². The van der Waals surface area contributed by atoms with Crippen LogP contribution in [0.3, 0.4) is 0 Å². The molecule has 1 saturated heterocycles. The first-order chi connectivity index (χ1) is 8.74. The zero-order valence-corrected chi connectivity index (χ0v) is 11.7. The smallest absolute Gasteiger partial charge is 0.186 e. The molecule has 1 aliphatic heterocycles. The summed E-state index contributed by atoms with van der Waals surface area (Å²) >= 11 is 0. The maximum Gasteiger partial charge on any atom is 0.186 e. The maximum atomic E-state index is 9.97. The molecule has 18 heavy (non-hydrogen) atoms. The molecule has 1 N–H and O–H groups in total. The van der Waals surface area contributed by atoms with E-state index in [-0.39, 0.29) is 18.5 Å². The van der Waals surface area contributed by atoms with Crippen molar-refractivity contribution in [3.8, 4) is 0 Å². The third-order valence-electron chi connectivity index (χ3n) is 2.90. The van der Waals surface area contributed by atoms with Gasteiger partial charge in [-0.25, -0.2) is 0 Å². The molecule has 0 aliphatic carbocycles. The summed E-state index contributed by atoms with van der Waals surface area (Å²) in [6.07, 6.45) is 5.83. The van der Waals surface area contributed by atoms with Gasteiger partial charge in [0, 0.05) is 13.2 Å². The van der Waals surface area contributed by atoms with Crippen molar-refractivity contribution >= 4 is 0 Å². The van der Waals surface area contributed by atoms with Crippen molar-refractivity contribution in [2.75, 3.05) is 13.2 Å². The van der Waals surface area contributed by atoms with Crippen LogP contribution in [0.15, 0.2) is 12.2 Å². The highest BCUT2D eigenvalue weighted by atomic mass is 16.7. The van der Waals surface area contributed by atoms with Gasteiger partial charge in [-0.05, 0) is 33.1 Å². The predicted octanol–water partition coefficient (Wildman–Crippen LogP) is 2.26. The fraction of sp³-hybridized carbons (Fsp3) is 0.857. The summed E-state index contributed by atoms with van der Waals surface area (Å²) in [6, 6.07) is 0. The van der Waals surface area contributed by atoms with Gasteiger partial charge in [0.2, 0.25) is 0 Å². The fourth-order valence-electron chi connectivity index (χ4n) is 1.95. The Morgan fingerprint density at radius 2 is 1.78 bits per heavy atom. The van der Waals surface area contributed by atoms with E-state index in [0.29, 0.717) is 13.2 Å². The van der Waals surface area contributed by atoms with Crippen molar-refractivity contribution in [1.29, 1.82) is 0 Å². The summed E-state index contributed by atoms with van der Waals surface area (Å²) in [6.45, 7) is 7.13. The van der Waals surface area contributed by atoms with E-state index in [1.165, 1.54) is 0 Å². The first kappa shape index (κ1) is 15.6. The number of ether oxygens (including phenoxy) is 3. The van der Waals surface area contributed by atoms with E-state index < -0.39 is 6.10 Å². The highest BCUT2D eigenvalue weighted by Gasteiger charge is 2.50. The molecule has 4 heteroatoms. The lowest BCUT2D eigenvalue weighted by Crippen LogP contribution is -2.28. The molecule has 0 radical (unpaired) electrons. The summed E-state index contributed by atoms with van der Waals surface area (Å²) in [5, 5.41) is 9.97. The fourth-order valence-corrected chi connectivity index (χ4v) is 1.95. The third kappa shape index (κ3) is 5.06. The van der Waals surface area contributed by atoms with E-state index in [1.54, 1.807) is 0 Å². The summed E-state index contributed by atoms with van der Waals surface area (Å²) in [4.78, 5) is 0. The maximum absolute atomic E-state index is 9.97. The number of hydrogen-bond acceptors (Lipinski definition) is 4. The van der Waals surface area contributed by atoms with Crippen molar-refractivity contribution < 1.29 is 19.3 Å². The topological polar surface area (TPSA) is 51.2 Å². The van der Waals surface area contributed by atoms with Gasteiger partial charge >= 0.3 is 0 Å². The monoisotopic (exact) mass is 258 g/mol. The molecule has 106 valence electrons. The minimum Gasteiger partial charge on any atom is -0.390 e. The van der Waals surface area contributed by atoms with Gasteiger partial charge in [0.15, 0.2) is 6.29 Å². The van der Waals surface area contributed by atoms with Gasteiger partial charge in [-0.1, -0.05) is 19.1 Å². The number of epoxide rings is 1. The molecule has 0 unspecified atom stereocenters. The van der Waals surface area contributed by atoms with Gasteiger partial charge in [-0.15, -0.1) is 0 Å². The average Bonchev–Trinajstić information content (AvgIpc) is 3.14. The van der Waals surface area contributed by atoms with E-state index >= 15 is 0 Å². The second-order valence-corrected chi connectivity index (χ2v) is 4.37. The second-order valence-electron chi connectivity index (χ2n) is 4.37. The number of allylic oxidation sites excluding steroid dienone is 2. The van der Waals surface area contributed by atoms with Crippen molar-refractivity contribution in [2.24, 2.45) is 0 Å². The molecule has 4 nitrogen and oxygen atoms in total. The highest BCUT2D eigenvalue weighted by molar-refractivity contribution is 4.94. The first-order valence-electron chi connectivity index (χ1n) is 6.96. The first-order valence-corrected chi connectivity index (χ1v) is 6.96. The lowest BCUT2D eigenvalue weighted by molar-refractivity contribution is -0.147. The van der Waals surface area contributed by atoms with Crippen LogP contribution in [0.25, 0.3) is 0 Å². The molecule has 0 spiro atoms. The van der Waals surface area contributed by atoms with Crippen LogP contribution in [0.4, 0.5) is 0 Å². The standard InChI is InChI=1S/C14H26O4/c1-4-7-8-9-10-11(15)12-13(18-12)14(16-5-2)17-6-3/h7-8,11-15H,4-6,9-10H2,1-3H3/b8-7+/t11-,12-,13-/m1/s1. The Kier molecular flexibility index (Phi) is 7.51. The van der Waals surface area contributed by atoms with Crippen LogP contribution in [0.5, 0.6) is 0 Å². The predicted molar refractivity (Wildman–Crippen MR) is 70.4 cm³/mol. The highest BCUT2D eigenvalue weighted by Crippen LogP contribution is 2.32. The van der Waals surface area contributed by atoms with E-state index in [4.69, 9.17) is 14.2 Å². The molecule has 1 rings (SSSR count). The van der Waals surface area contributed by atoms with Crippen LogP contribution in [0, 0.1) is 0 Å². The minimum atomic E-state index is -0.431. The largest absolute Gasteiger partial charge is 0.390 e. The zero-order chi connectivity index (χ0) is 13.4. The Hall–Kier alpha value is -0.420. The molecule has 0 aromatic carbocycles. The van der Waals surface area contributed by atoms with Crippen LogP contribution in [-0.4, -0.2) is 42.9 Å². The van der Waals surface area contributed by atoms with Gasteiger partial charge in [-0.3, -0.25) is 0 Å². The number of aliphatic hydroxyl groups excluding tert-OH is 1. The van der Waals surface area contributed by atoms with Crippen LogP contribution < -0.4 is 0 Å². The Morgan fingerprint density at radius 1 is 1.11 bits per heavy atom. The van der Waals surface area contributed by atoms with Gasteiger partial charge in [-0.2, -0.15) is 0 Å². The lowest BCUT2D eigenvalue weighted by atomic mass is 10.1. The molecular formula is C14H26O4. The van der Waals surface area contributed by atoms with Crippen molar-refractivity contribution in [1.82, 2.24) is 0 Å². The van der Waals surface area contributed by atoms with E-state index in [1.807, 2.05) is 13.8 Å². The van der Waals surface area contributed by atoms with E-state index in [2.05, 4.69) is 19.1 Å². The molecule has 1 fully saturated rings. The summed E-state index contributed by atoms with van der Waals surface area (Å²) in [5.74, 6) is 0. The van der Waals surface area contributed by atoms with Gasteiger partial charge in [0.1, 0.15) is 12.2 Å². The van der Waals surface area contributed by atoms with Crippen molar-refractivity contribution in [2.45, 2.75) is 64.6 Å². The molecular weight excluding hydrogens is 232 g/mol. The average molecular weight is 258 g/mol. The van der Waals surface area contributed by atoms with E-state index in [0.717, 1.165) is 19.3 Å². The summed E-state index contributed by atoms with van der Waals surface area (Å²) in [7, 11) is 0. The van der Waals surface area contributed by atoms with Crippen LogP contribution in [0.1, 0.15) is 40.0 Å². The van der Waals surface area contributed by atoms with Gasteiger partial charge < -0.3 is 19.3 Å². The number of hydrogen-bond donors (Lipinski definition) is 1. The molecule has 1 heterocycles. The van der Waals surface area contributed by atoms with Crippen LogP contribution in [0.2, 0.25) is 0 Å². The molecule has 0 saturated carbocycles. The quantitative estimate of drug-likeness (QED) is 0.371. The Balaban J connectivity index is 2.26. The number of rotatable bonds is 10. The SMILES string of the molecule is CC/C=C/CC[C@@H](O)[C@H]1O[C@H]1C(OCC)OCC. The van der Waals surface area contributed by atoms with Crippen LogP contribution >= 0.6 is 0 Å². The Morgan fingerprint density at radius 3 is 2.33 bits per heavy atom. The summed E-state index contributed by atoms with van der Waals surface area (Å²) < 4.78 is 16.4. The third-order valence-corrected chi connectivity index (χ3v) is 2.90. The van der Waals surface area contributed by atoms with Crippen molar-refractivity contribution in [3.63, 3.8) is 0 Å². The normalized spacial score (nSPS) is 24.9. The molecule has 0 aromatic heterocycles. The van der Waals surface area contributed by atoms with Gasteiger partial charge in [0.25, 0.3) is 0 Å². The molecule has 0 aromatic rings. The molecule has 1 aliphatic rings. The zero-order valence-electron chi connectivity index (χ0n) is 11.7. The van der Waals surface area contributed by atoms with E-state index in [9.17, 15) is 5.11 Å². The minimum absolute atomic E-state index is 0.116. The molecule has 0 amide bonds. The lowest BCUT2D eigenvalue weighted by Gasteiger charge is -2.15. The Bertz CT molecular complexity index is 236. The number of aliphatic hydroxyl groups is 1.